The Balaban J connectivity index is 1.48. The second-order valence-electron chi connectivity index (χ2n) is 12.9. The van der Waals surface area contributed by atoms with Crippen molar-refractivity contribution in [1.29, 1.82) is 0 Å². The van der Waals surface area contributed by atoms with Crippen molar-refractivity contribution in [2.75, 3.05) is 24.6 Å². The highest BCUT2D eigenvalue weighted by molar-refractivity contribution is 7.99. The van der Waals surface area contributed by atoms with E-state index in [-0.39, 0.29) is 79.2 Å². The van der Waals surface area contributed by atoms with E-state index in [1.54, 1.807) is 60.7 Å². The summed E-state index contributed by atoms with van der Waals surface area (Å²) in [4.78, 5) is 62.2. The molecule has 0 bridgehead atoms. The zero-order chi connectivity index (χ0) is 42.0. The Kier molecular flexibility index (Phi) is 14.8. The van der Waals surface area contributed by atoms with Gasteiger partial charge in [-0.2, -0.15) is 26.3 Å². The normalized spacial score (nSPS) is 11.7. The smallest absolute Gasteiger partial charge is 0.330 e. The Morgan fingerprint density at radius 1 is 0.500 bits per heavy atom. The number of rotatable bonds is 18. The third-order valence-corrected chi connectivity index (χ3v) is 11.2. The van der Waals surface area contributed by atoms with Gasteiger partial charge in [0.25, 0.3) is 0 Å². The first-order valence-electron chi connectivity index (χ1n) is 17.8. The fraction of sp³-hybridized carbons (Fsp3) is 0.238. The molecule has 4 N–H and O–H groups in total. The Bertz CT molecular complexity index is 2130. The van der Waals surface area contributed by atoms with Crippen LogP contribution in [0.3, 0.4) is 0 Å². The number of alkyl halides is 6. The van der Waals surface area contributed by atoms with Gasteiger partial charge in [-0.1, -0.05) is 60.7 Å². The van der Waals surface area contributed by atoms with E-state index in [2.05, 4.69) is 9.97 Å². The third kappa shape index (κ3) is 11.5. The number of ketones is 4. The summed E-state index contributed by atoms with van der Waals surface area (Å²) >= 11 is 2.19. The third-order valence-electron chi connectivity index (χ3n) is 8.70. The number of hydrogen-bond donors (Lipinski definition) is 2. The van der Waals surface area contributed by atoms with Crippen molar-refractivity contribution in [2.24, 2.45) is 11.5 Å². The van der Waals surface area contributed by atoms with Gasteiger partial charge in [-0.05, 0) is 52.6 Å². The van der Waals surface area contributed by atoms with Crippen molar-refractivity contribution in [3.63, 3.8) is 0 Å². The van der Waals surface area contributed by atoms with Crippen LogP contribution in [0.4, 0.5) is 26.3 Å². The molecule has 0 saturated heterocycles. The van der Waals surface area contributed by atoms with Gasteiger partial charge < -0.3 is 11.5 Å². The van der Waals surface area contributed by atoms with Gasteiger partial charge in [0.15, 0.2) is 23.1 Å². The maximum atomic E-state index is 14.2. The van der Waals surface area contributed by atoms with Crippen molar-refractivity contribution in [1.82, 2.24) is 9.97 Å². The molecule has 4 aromatic carbocycles. The molecule has 0 radical (unpaired) electrons. The number of carbonyl (C=O) groups is 4. The van der Waals surface area contributed by atoms with E-state index in [1.165, 1.54) is 0 Å². The predicted molar refractivity (Wildman–Crippen MR) is 209 cm³/mol. The predicted octanol–water partition coefficient (Wildman–Crippen LogP) is 8.32. The van der Waals surface area contributed by atoms with Gasteiger partial charge in [0.2, 0.25) is 0 Å². The average Bonchev–Trinajstić information content (AvgIpc) is 3.20. The highest BCUT2D eigenvalue weighted by Crippen LogP contribution is 2.39. The molecule has 0 amide bonds. The van der Waals surface area contributed by atoms with Gasteiger partial charge in [0, 0.05) is 71.2 Å². The molecule has 302 valence electrons. The molecule has 0 aliphatic rings. The van der Waals surface area contributed by atoms with Gasteiger partial charge in [-0.3, -0.25) is 19.2 Å². The zero-order valence-corrected chi connectivity index (χ0v) is 32.3. The molecule has 5 rings (SSSR count). The van der Waals surface area contributed by atoms with Gasteiger partial charge in [-0.25, -0.2) is 9.97 Å². The van der Waals surface area contributed by atoms with Crippen LogP contribution in [0, 0.1) is 0 Å². The summed E-state index contributed by atoms with van der Waals surface area (Å²) in [7, 11) is 0. The van der Waals surface area contributed by atoms with E-state index >= 15 is 0 Å². The monoisotopic (exact) mass is 838 g/mol. The summed E-state index contributed by atoms with van der Waals surface area (Å²) in [6, 6.07) is 20.5. The molecule has 0 saturated carbocycles. The standard InChI is InChI=1S/C42H36F6N4O4S2/c43-41(44,45)31-15-27(19-35(53)25-7-3-1-4-8-25)39(57-13-11-49)29(17-31)21-37(55)33-23-34(52-24-51-33)38(56)22-30-18-32(42(46,47)48)16-28(40(30)58-14-12-50)20-36(54)26-9-5-2-6-10-26/h1-10,15-18,23-24H,11-14,19-22,49-50H2. The summed E-state index contributed by atoms with van der Waals surface area (Å²) in [6.07, 6.45) is -10.8. The first-order chi connectivity index (χ1) is 27.6. The lowest BCUT2D eigenvalue weighted by Gasteiger charge is -2.18. The van der Waals surface area contributed by atoms with Crippen LogP contribution in [0.2, 0.25) is 0 Å². The van der Waals surface area contributed by atoms with E-state index in [9.17, 15) is 45.5 Å². The topological polar surface area (TPSA) is 146 Å². The summed E-state index contributed by atoms with van der Waals surface area (Å²) < 4.78 is 85.1. The van der Waals surface area contributed by atoms with Crippen LogP contribution in [0.25, 0.3) is 0 Å². The molecule has 16 heteroatoms. The molecule has 8 nitrogen and oxygen atoms in total. The summed E-state index contributed by atoms with van der Waals surface area (Å²) in [5.74, 6) is -1.93. The number of thioether (sulfide) groups is 2. The molecular formula is C42H36F6N4O4S2. The van der Waals surface area contributed by atoms with Crippen LogP contribution < -0.4 is 11.5 Å². The molecule has 1 aromatic heterocycles. The molecule has 5 aromatic rings. The lowest BCUT2D eigenvalue weighted by Crippen LogP contribution is -2.16. The Morgan fingerprint density at radius 3 is 1.14 bits per heavy atom. The largest absolute Gasteiger partial charge is 0.416 e. The van der Waals surface area contributed by atoms with Crippen molar-refractivity contribution >= 4 is 46.7 Å². The highest BCUT2D eigenvalue weighted by Gasteiger charge is 2.34. The number of benzene rings is 4. The van der Waals surface area contributed by atoms with Crippen LogP contribution >= 0.6 is 23.5 Å². The molecule has 0 aliphatic heterocycles. The molecule has 0 atom stereocenters. The SMILES string of the molecule is NCCSc1c(CC(=O)c2ccccc2)cc(C(F)(F)F)cc1CC(=O)c1cc(C(=O)Cc2cc(C(F)(F)F)cc(CC(=O)c3ccccc3)c2SCCN)ncn1. The van der Waals surface area contributed by atoms with Gasteiger partial charge in [-0.15, -0.1) is 23.5 Å². The van der Waals surface area contributed by atoms with Gasteiger partial charge in [0.05, 0.1) is 11.1 Å². The second-order valence-corrected chi connectivity index (χ2v) is 15.1. The van der Waals surface area contributed by atoms with Crippen LogP contribution in [0.5, 0.6) is 0 Å². The summed E-state index contributed by atoms with van der Waals surface area (Å²) in [6.45, 7) is 0.289. The summed E-state index contributed by atoms with van der Waals surface area (Å²) in [5, 5.41) is 0. The van der Waals surface area contributed by atoms with Crippen molar-refractivity contribution < 1.29 is 45.5 Å². The van der Waals surface area contributed by atoms with E-state index in [4.69, 9.17) is 11.5 Å². The molecule has 0 aliphatic carbocycles. The fourth-order valence-electron chi connectivity index (χ4n) is 6.04. The zero-order valence-electron chi connectivity index (χ0n) is 30.7. The minimum Gasteiger partial charge on any atom is -0.330 e. The van der Waals surface area contributed by atoms with Gasteiger partial charge >= 0.3 is 12.4 Å². The van der Waals surface area contributed by atoms with E-state index in [0.717, 1.165) is 60.2 Å². The second kappa shape index (κ2) is 19.5. The van der Waals surface area contributed by atoms with Crippen LogP contribution in [-0.4, -0.2) is 57.7 Å². The quantitative estimate of drug-likeness (QED) is 0.0502. The van der Waals surface area contributed by atoms with Crippen LogP contribution in [0.15, 0.2) is 107 Å². The molecule has 0 fully saturated rings. The van der Waals surface area contributed by atoms with E-state index in [0.29, 0.717) is 0 Å². The Labute approximate surface area is 338 Å². The van der Waals surface area contributed by atoms with Gasteiger partial charge in [0.1, 0.15) is 17.7 Å². The molecule has 58 heavy (non-hydrogen) atoms. The van der Waals surface area contributed by atoms with Crippen molar-refractivity contribution in [3.8, 4) is 0 Å². The molecule has 0 unspecified atom stereocenters. The lowest BCUT2D eigenvalue weighted by atomic mass is 9.95. The molecule has 1 heterocycles. The van der Waals surface area contributed by atoms with Crippen molar-refractivity contribution in [2.45, 2.75) is 47.8 Å². The molecular weight excluding hydrogens is 803 g/mol. The first kappa shape index (κ1) is 44.0. The molecule has 0 spiro atoms. The number of hydrogen-bond acceptors (Lipinski definition) is 10. The maximum absolute atomic E-state index is 14.2. The number of nitrogens with two attached hydrogens (primary N) is 2. The lowest BCUT2D eigenvalue weighted by molar-refractivity contribution is -0.138. The number of halogens is 6. The number of aromatic nitrogens is 2. The minimum atomic E-state index is -4.83. The average molecular weight is 839 g/mol. The van der Waals surface area contributed by atoms with Crippen LogP contribution in [0.1, 0.15) is 75.1 Å². The van der Waals surface area contributed by atoms with E-state index < -0.39 is 72.3 Å². The van der Waals surface area contributed by atoms with E-state index in [1.807, 2.05) is 0 Å². The highest BCUT2D eigenvalue weighted by atomic mass is 32.2. The minimum absolute atomic E-state index is 0.0382. The Morgan fingerprint density at radius 2 is 0.828 bits per heavy atom. The number of Topliss-reactive ketones (excluding diaryl/α,β-unsaturated/α-hetero) is 4. The van der Waals surface area contributed by atoms with Crippen molar-refractivity contribution in [3.05, 3.63) is 153 Å². The number of nitrogens with zero attached hydrogens (tertiary/aromatic N) is 2. The Hall–Kier alpha value is -5.16. The first-order valence-corrected chi connectivity index (χ1v) is 19.7. The number of carbonyl (C=O) groups excluding carboxylic acids is 4. The fourth-order valence-corrected chi connectivity index (χ4v) is 7.95. The maximum Gasteiger partial charge on any atom is 0.416 e. The van der Waals surface area contributed by atoms with Crippen LogP contribution in [-0.2, 0) is 38.0 Å². The summed E-state index contributed by atoms with van der Waals surface area (Å²) in [5.41, 5.74) is 9.23.